The fourth-order valence-corrected chi connectivity index (χ4v) is 7.27. The van der Waals surface area contributed by atoms with Crippen LogP contribution in [0.25, 0.3) is 22.0 Å². The van der Waals surface area contributed by atoms with Crippen molar-refractivity contribution in [2.45, 2.75) is 38.2 Å². The molecule has 2 aromatic carbocycles. The molecule has 0 unspecified atom stereocenters. The number of anilines is 2. The number of aromatic nitrogens is 4. The van der Waals surface area contributed by atoms with Crippen LogP contribution in [0.3, 0.4) is 0 Å². The van der Waals surface area contributed by atoms with Crippen LogP contribution in [0.2, 0.25) is 0 Å². The van der Waals surface area contributed by atoms with Gasteiger partial charge in [0.25, 0.3) is 10.0 Å². The van der Waals surface area contributed by atoms with Gasteiger partial charge in [-0.05, 0) is 49.7 Å². The SMILES string of the molecule is Cc1nc(CS(=O)(=O)N(Cl)c2c(F)ccc3c(Oc4ncccc4-c4ccnc(N[C@@H]5CNC[C@@H](F)C5)n4)c(C)ccc23)cs1. The van der Waals surface area contributed by atoms with Crippen molar-refractivity contribution >= 4 is 55.5 Å². The number of hydrogen-bond donors (Lipinski definition) is 2. The summed E-state index contributed by atoms with van der Waals surface area (Å²) >= 11 is 7.68. The van der Waals surface area contributed by atoms with Crippen LogP contribution in [0.1, 0.15) is 22.7 Å². The Bertz CT molecular complexity index is 1980. The van der Waals surface area contributed by atoms with Gasteiger partial charge in [0.05, 0.1) is 22.0 Å². The van der Waals surface area contributed by atoms with Gasteiger partial charge in [-0.15, -0.1) is 11.3 Å². The number of hydrogen-bond acceptors (Lipinski definition) is 10. The van der Waals surface area contributed by atoms with Gasteiger partial charge in [0.2, 0.25) is 11.8 Å². The van der Waals surface area contributed by atoms with E-state index >= 15 is 4.39 Å². The summed E-state index contributed by atoms with van der Waals surface area (Å²) < 4.78 is 62.5. The number of piperidine rings is 1. The molecule has 1 saturated heterocycles. The van der Waals surface area contributed by atoms with Crippen LogP contribution in [0.4, 0.5) is 20.4 Å². The Morgan fingerprint density at radius 2 is 1.91 bits per heavy atom. The van der Waals surface area contributed by atoms with Crippen LogP contribution in [0.15, 0.2) is 60.2 Å². The smallest absolute Gasteiger partial charge is 0.254 e. The number of sulfonamides is 1. The molecule has 45 heavy (non-hydrogen) atoms. The summed E-state index contributed by atoms with van der Waals surface area (Å²) in [5.41, 5.74) is 1.74. The van der Waals surface area contributed by atoms with E-state index in [-0.39, 0.29) is 23.0 Å². The van der Waals surface area contributed by atoms with Crippen molar-refractivity contribution in [2.75, 3.05) is 22.2 Å². The van der Waals surface area contributed by atoms with Crippen molar-refractivity contribution in [3.63, 3.8) is 0 Å². The fourth-order valence-electron chi connectivity index (χ4n) is 5.14. The number of aryl methyl sites for hydroxylation is 2. The molecule has 234 valence electrons. The van der Waals surface area contributed by atoms with E-state index in [0.29, 0.717) is 67.9 Å². The maximum absolute atomic E-state index is 15.3. The fraction of sp³-hybridized carbons (Fsp3) is 0.267. The molecular weight excluding hydrogens is 644 g/mol. The summed E-state index contributed by atoms with van der Waals surface area (Å²) in [6.45, 7) is 4.48. The zero-order valence-corrected chi connectivity index (χ0v) is 26.6. The zero-order valence-electron chi connectivity index (χ0n) is 24.2. The molecule has 0 radical (unpaired) electrons. The lowest BCUT2D eigenvalue weighted by Gasteiger charge is -2.26. The molecule has 1 aliphatic heterocycles. The molecule has 1 aliphatic rings. The number of rotatable bonds is 9. The second-order valence-corrected chi connectivity index (χ2v) is 14.0. The summed E-state index contributed by atoms with van der Waals surface area (Å²) in [4.78, 5) is 17.6. The molecule has 2 atom stereocenters. The lowest BCUT2D eigenvalue weighted by Crippen LogP contribution is -2.44. The normalized spacial score (nSPS) is 16.9. The van der Waals surface area contributed by atoms with Gasteiger partial charge < -0.3 is 15.4 Å². The Kier molecular flexibility index (Phi) is 8.82. The minimum absolute atomic E-state index is 0.169. The van der Waals surface area contributed by atoms with E-state index in [1.807, 2.05) is 6.92 Å². The van der Waals surface area contributed by atoms with E-state index < -0.39 is 27.8 Å². The first kappa shape index (κ1) is 31.0. The van der Waals surface area contributed by atoms with Crippen LogP contribution in [-0.4, -0.2) is 53.7 Å². The average Bonchev–Trinajstić information content (AvgIpc) is 3.42. The van der Waals surface area contributed by atoms with Gasteiger partial charge in [-0.2, -0.15) is 3.82 Å². The van der Waals surface area contributed by atoms with Gasteiger partial charge in [-0.3, -0.25) is 0 Å². The van der Waals surface area contributed by atoms with Crippen LogP contribution in [-0.2, 0) is 15.8 Å². The first-order chi connectivity index (χ1) is 21.6. The predicted octanol–water partition coefficient (Wildman–Crippen LogP) is 6.30. The van der Waals surface area contributed by atoms with Gasteiger partial charge in [0.15, 0.2) is 0 Å². The summed E-state index contributed by atoms with van der Waals surface area (Å²) in [7, 11) is -4.20. The number of fused-ring (bicyclic) bond motifs is 1. The number of benzene rings is 2. The van der Waals surface area contributed by atoms with E-state index in [2.05, 4.69) is 30.6 Å². The topological polar surface area (TPSA) is 122 Å². The molecule has 0 amide bonds. The van der Waals surface area contributed by atoms with Crippen LogP contribution in [0.5, 0.6) is 11.6 Å². The van der Waals surface area contributed by atoms with Crippen molar-refractivity contribution in [1.29, 1.82) is 0 Å². The monoisotopic (exact) mass is 671 g/mol. The second kappa shape index (κ2) is 12.8. The van der Waals surface area contributed by atoms with Gasteiger partial charge in [-0.1, -0.05) is 12.1 Å². The van der Waals surface area contributed by atoms with Gasteiger partial charge in [-0.25, -0.2) is 37.1 Å². The van der Waals surface area contributed by atoms with Crippen LogP contribution < -0.4 is 19.2 Å². The Labute approximate surface area is 267 Å². The van der Waals surface area contributed by atoms with Crippen LogP contribution >= 0.6 is 23.1 Å². The van der Waals surface area contributed by atoms with Crippen molar-refractivity contribution in [3.05, 3.63) is 82.3 Å². The number of nitrogens with one attached hydrogen (secondary N) is 2. The molecule has 3 aromatic heterocycles. The van der Waals surface area contributed by atoms with E-state index in [9.17, 15) is 12.8 Å². The first-order valence-electron chi connectivity index (χ1n) is 14.0. The van der Waals surface area contributed by atoms with E-state index in [0.717, 1.165) is 6.07 Å². The van der Waals surface area contributed by atoms with Crippen molar-refractivity contribution in [3.8, 4) is 22.9 Å². The quantitative estimate of drug-likeness (QED) is 0.174. The molecule has 0 bridgehead atoms. The molecule has 0 saturated carbocycles. The minimum Gasteiger partial charge on any atom is -0.437 e. The second-order valence-electron chi connectivity index (χ2n) is 10.6. The molecule has 0 spiro atoms. The van der Waals surface area contributed by atoms with Gasteiger partial charge >= 0.3 is 0 Å². The highest BCUT2D eigenvalue weighted by molar-refractivity contribution is 7.93. The van der Waals surface area contributed by atoms with Gasteiger partial charge in [0, 0.05) is 65.9 Å². The third-order valence-corrected chi connectivity index (χ3v) is 10.2. The number of alkyl halides is 1. The Morgan fingerprint density at radius 1 is 1.09 bits per heavy atom. The van der Waals surface area contributed by atoms with E-state index in [1.165, 1.54) is 17.4 Å². The van der Waals surface area contributed by atoms with E-state index in [1.54, 1.807) is 55.0 Å². The van der Waals surface area contributed by atoms with Gasteiger partial charge in [0.1, 0.15) is 29.2 Å². The van der Waals surface area contributed by atoms with E-state index in [4.69, 9.17) is 16.5 Å². The van der Waals surface area contributed by atoms with Crippen molar-refractivity contribution in [2.24, 2.45) is 0 Å². The lowest BCUT2D eigenvalue weighted by atomic mass is 10.0. The third kappa shape index (κ3) is 6.69. The number of ether oxygens (including phenoxy) is 1. The van der Waals surface area contributed by atoms with Crippen molar-refractivity contribution < 1.29 is 21.9 Å². The number of thiazole rings is 1. The largest absolute Gasteiger partial charge is 0.437 e. The number of pyridine rings is 1. The predicted molar refractivity (Wildman–Crippen MR) is 172 cm³/mol. The molecule has 15 heteroatoms. The maximum atomic E-state index is 15.3. The maximum Gasteiger partial charge on any atom is 0.254 e. The lowest BCUT2D eigenvalue weighted by molar-refractivity contribution is 0.254. The summed E-state index contributed by atoms with van der Waals surface area (Å²) in [6, 6.07) is 11.0. The highest BCUT2D eigenvalue weighted by Gasteiger charge is 2.28. The molecule has 0 aliphatic carbocycles. The summed E-state index contributed by atoms with van der Waals surface area (Å²) in [5, 5.41) is 9.20. The highest BCUT2D eigenvalue weighted by atomic mass is 35.5. The highest BCUT2D eigenvalue weighted by Crippen LogP contribution is 2.42. The molecule has 6 rings (SSSR count). The number of nitrogens with zero attached hydrogens (tertiary/aromatic N) is 5. The molecule has 4 heterocycles. The molecule has 2 N–H and O–H groups in total. The van der Waals surface area contributed by atoms with Crippen LogP contribution in [0, 0.1) is 19.7 Å². The summed E-state index contributed by atoms with van der Waals surface area (Å²) in [5.74, 6) is -0.440. The first-order valence-corrected chi connectivity index (χ1v) is 16.8. The number of halogens is 3. The molecule has 5 aromatic rings. The average molecular weight is 672 g/mol. The Balaban J connectivity index is 1.34. The molecular formula is C30H28ClF2N7O3S2. The third-order valence-electron chi connectivity index (χ3n) is 7.22. The van der Waals surface area contributed by atoms with Crippen molar-refractivity contribution in [1.82, 2.24) is 25.3 Å². The minimum atomic E-state index is -4.20. The Morgan fingerprint density at radius 3 is 2.69 bits per heavy atom. The Hall–Kier alpha value is -3.98. The standard InChI is InChI=1S/C30H28ClF2N7O3S2/c1-17-5-6-22-23(7-8-25(33)27(22)40(31)45(41,42)16-21-15-44-18(2)37-21)28(17)43-29-24(4-3-10-35-29)26-9-11-36-30(39-26)38-20-12-19(32)13-34-14-20/h3-11,15,19-20,34H,12-14,16H2,1-2H3,(H,36,38,39)/t19-,20-/m0/s1. The zero-order chi connectivity index (χ0) is 31.7. The molecule has 10 nitrogen and oxygen atoms in total. The molecule has 1 fully saturated rings. The summed E-state index contributed by atoms with van der Waals surface area (Å²) in [6.07, 6.45) is 2.54.